The highest BCUT2D eigenvalue weighted by Gasteiger charge is 2.45. The molecule has 2 aromatic carbocycles. The molecule has 7 nitrogen and oxygen atoms in total. The lowest BCUT2D eigenvalue weighted by Gasteiger charge is -2.25. The molecule has 0 bridgehead atoms. The maximum absolute atomic E-state index is 12.9. The van der Waals surface area contributed by atoms with Crippen LogP contribution in [-0.4, -0.2) is 41.6 Å². The fourth-order valence-electron chi connectivity index (χ4n) is 3.81. The summed E-state index contributed by atoms with van der Waals surface area (Å²) in [5.74, 6) is 0.213. The Balaban J connectivity index is 1.81. The van der Waals surface area contributed by atoms with Crippen LogP contribution in [0.25, 0.3) is 5.76 Å². The van der Waals surface area contributed by atoms with Gasteiger partial charge in [-0.05, 0) is 49.2 Å². The van der Waals surface area contributed by atoms with Crippen LogP contribution in [0.1, 0.15) is 37.4 Å². The van der Waals surface area contributed by atoms with E-state index in [0.717, 1.165) is 5.56 Å². The van der Waals surface area contributed by atoms with Gasteiger partial charge in [-0.3, -0.25) is 9.59 Å². The van der Waals surface area contributed by atoms with Gasteiger partial charge >= 0.3 is 0 Å². The summed E-state index contributed by atoms with van der Waals surface area (Å²) >= 11 is 0. The number of nitrogens with zero attached hydrogens (tertiary/aromatic N) is 1. The average molecular weight is 409 g/mol. The lowest BCUT2D eigenvalue weighted by atomic mass is 9.95. The molecule has 0 aliphatic carbocycles. The Hall–Kier alpha value is -3.48. The number of hydrogen-bond donors (Lipinski definition) is 1. The number of amides is 1. The molecule has 1 amide bonds. The van der Waals surface area contributed by atoms with Crippen molar-refractivity contribution in [3.63, 3.8) is 0 Å². The smallest absolute Gasteiger partial charge is 0.295 e. The molecule has 0 saturated carbocycles. The molecule has 2 heterocycles. The van der Waals surface area contributed by atoms with E-state index in [1.807, 2.05) is 26.0 Å². The van der Waals surface area contributed by atoms with Gasteiger partial charge in [0.15, 0.2) is 11.5 Å². The maximum Gasteiger partial charge on any atom is 0.295 e. The number of aliphatic hydroxyl groups excluding tert-OH is 1. The Morgan fingerprint density at radius 2 is 1.83 bits per heavy atom. The molecule has 30 heavy (non-hydrogen) atoms. The highest BCUT2D eigenvalue weighted by atomic mass is 16.7. The number of benzene rings is 2. The Morgan fingerprint density at radius 1 is 1.10 bits per heavy atom. The van der Waals surface area contributed by atoms with E-state index < -0.39 is 17.7 Å². The van der Waals surface area contributed by atoms with Crippen LogP contribution < -0.4 is 14.2 Å². The number of aliphatic hydroxyl groups is 1. The van der Waals surface area contributed by atoms with E-state index in [1.165, 1.54) is 4.90 Å². The summed E-state index contributed by atoms with van der Waals surface area (Å²) in [5.41, 5.74) is 1.19. The predicted octanol–water partition coefficient (Wildman–Crippen LogP) is 3.65. The van der Waals surface area contributed by atoms with E-state index in [2.05, 4.69) is 0 Å². The third-order valence-corrected chi connectivity index (χ3v) is 5.16. The highest BCUT2D eigenvalue weighted by Crippen LogP contribution is 2.41. The summed E-state index contributed by atoms with van der Waals surface area (Å²) in [4.78, 5) is 27.2. The van der Waals surface area contributed by atoms with Gasteiger partial charge in [-0.25, -0.2) is 0 Å². The summed E-state index contributed by atoms with van der Waals surface area (Å²) in [7, 11) is 0. The zero-order valence-electron chi connectivity index (χ0n) is 16.9. The topological polar surface area (TPSA) is 85.3 Å². The number of likely N-dealkylation sites (tertiary alicyclic amines) is 1. The van der Waals surface area contributed by atoms with Crippen molar-refractivity contribution in [2.45, 2.75) is 26.3 Å². The lowest BCUT2D eigenvalue weighted by Crippen LogP contribution is -2.30. The van der Waals surface area contributed by atoms with Crippen LogP contribution in [0, 0.1) is 0 Å². The van der Waals surface area contributed by atoms with Gasteiger partial charge in [-0.1, -0.05) is 19.1 Å². The van der Waals surface area contributed by atoms with Gasteiger partial charge in [0.25, 0.3) is 11.7 Å². The van der Waals surface area contributed by atoms with Crippen molar-refractivity contribution in [1.29, 1.82) is 0 Å². The minimum Gasteiger partial charge on any atom is -0.507 e. The Kier molecular flexibility index (Phi) is 5.35. The summed E-state index contributed by atoms with van der Waals surface area (Å²) in [6, 6.07) is 11.5. The Labute approximate surface area is 174 Å². The number of rotatable bonds is 6. The number of ketones is 1. The molecule has 2 aliphatic heterocycles. The van der Waals surface area contributed by atoms with Crippen molar-refractivity contribution in [3.8, 4) is 17.2 Å². The normalized spacial score (nSPS) is 19.4. The van der Waals surface area contributed by atoms with Gasteiger partial charge in [0.2, 0.25) is 6.79 Å². The van der Waals surface area contributed by atoms with Crippen LogP contribution in [0.4, 0.5) is 0 Å². The predicted molar refractivity (Wildman–Crippen MR) is 109 cm³/mol. The van der Waals surface area contributed by atoms with Gasteiger partial charge in [0.05, 0.1) is 18.2 Å². The first-order chi connectivity index (χ1) is 14.5. The Morgan fingerprint density at radius 3 is 2.53 bits per heavy atom. The van der Waals surface area contributed by atoms with E-state index in [-0.39, 0.29) is 18.1 Å². The van der Waals surface area contributed by atoms with Crippen LogP contribution in [0.15, 0.2) is 48.0 Å². The highest BCUT2D eigenvalue weighted by molar-refractivity contribution is 6.46. The molecular formula is C23H23NO6. The number of ether oxygens (including phenoxy) is 3. The number of carbonyl (C=O) groups is 2. The molecule has 4 rings (SSSR count). The molecule has 1 fully saturated rings. The molecule has 2 aliphatic rings. The van der Waals surface area contributed by atoms with Gasteiger partial charge in [0.1, 0.15) is 11.5 Å². The molecule has 1 saturated heterocycles. The van der Waals surface area contributed by atoms with Crippen molar-refractivity contribution < 1.29 is 28.9 Å². The van der Waals surface area contributed by atoms with Gasteiger partial charge in [-0.15, -0.1) is 0 Å². The first kappa shape index (κ1) is 19.8. The molecule has 7 heteroatoms. The van der Waals surface area contributed by atoms with E-state index in [9.17, 15) is 14.7 Å². The molecule has 1 N–H and O–H groups in total. The molecule has 1 unspecified atom stereocenters. The van der Waals surface area contributed by atoms with E-state index in [0.29, 0.717) is 42.4 Å². The monoisotopic (exact) mass is 409 g/mol. The SMILES string of the molecule is CCCN1C(=O)C(=O)/C(=C(\O)c2ccc3c(c2)OCO3)C1c1ccc(OCC)cc1. The van der Waals surface area contributed by atoms with E-state index in [1.54, 1.807) is 30.3 Å². The van der Waals surface area contributed by atoms with Crippen LogP contribution in [0.2, 0.25) is 0 Å². The lowest BCUT2D eigenvalue weighted by molar-refractivity contribution is -0.139. The summed E-state index contributed by atoms with van der Waals surface area (Å²) < 4.78 is 16.2. The number of Topliss-reactive ketones (excluding diaryl/α,β-unsaturated/α-hetero) is 1. The van der Waals surface area contributed by atoms with E-state index >= 15 is 0 Å². The maximum atomic E-state index is 12.9. The second-order valence-corrected chi connectivity index (χ2v) is 7.06. The van der Waals surface area contributed by atoms with Crippen LogP contribution in [-0.2, 0) is 9.59 Å². The molecule has 2 aromatic rings. The summed E-state index contributed by atoms with van der Waals surface area (Å²) in [5, 5.41) is 11.1. The zero-order valence-corrected chi connectivity index (χ0v) is 16.9. The van der Waals surface area contributed by atoms with Crippen molar-refractivity contribution in [3.05, 3.63) is 59.2 Å². The van der Waals surface area contributed by atoms with Crippen LogP contribution in [0.3, 0.4) is 0 Å². The standard InChI is InChI=1S/C23H23NO6/c1-3-11-24-20(14-5-8-16(9-6-14)28-4-2)19(22(26)23(24)27)21(25)15-7-10-17-18(12-15)30-13-29-17/h5-10,12,20,25H,3-4,11,13H2,1-2H3/b21-19-. The number of carbonyl (C=O) groups excluding carboxylic acids is 2. The fraction of sp³-hybridized carbons (Fsp3) is 0.304. The zero-order chi connectivity index (χ0) is 21.3. The first-order valence-electron chi connectivity index (χ1n) is 9.96. The van der Waals surface area contributed by atoms with Gasteiger partial charge in [-0.2, -0.15) is 0 Å². The molecule has 1 atom stereocenters. The third kappa shape index (κ3) is 3.36. The van der Waals surface area contributed by atoms with Crippen molar-refractivity contribution >= 4 is 17.4 Å². The van der Waals surface area contributed by atoms with Gasteiger partial charge < -0.3 is 24.2 Å². The third-order valence-electron chi connectivity index (χ3n) is 5.16. The Bertz CT molecular complexity index is 1010. The number of fused-ring (bicyclic) bond motifs is 1. The molecule has 0 aromatic heterocycles. The van der Waals surface area contributed by atoms with Gasteiger partial charge in [0, 0.05) is 12.1 Å². The van der Waals surface area contributed by atoms with Crippen molar-refractivity contribution in [1.82, 2.24) is 4.90 Å². The van der Waals surface area contributed by atoms with Crippen LogP contribution >= 0.6 is 0 Å². The minimum absolute atomic E-state index is 0.0662. The minimum atomic E-state index is -0.697. The summed E-state index contributed by atoms with van der Waals surface area (Å²) in [6.45, 7) is 4.88. The first-order valence-corrected chi connectivity index (χ1v) is 9.96. The molecular weight excluding hydrogens is 386 g/mol. The van der Waals surface area contributed by atoms with Crippen LogP contribution in [0.5, 0.6) is 17.2 Å². The van der Waals surface area contributed by atoms with E-state index in [4.69, 9.17) is 14.2 Å². The number of hydrogen-bond acceptors (Lipinski definition) is 6. The van der Waals surface area contributed by atoms with Crippen molar-refractivity contribution in [2.75, 3.05) is 19.9 Å². The summed E-state index contributed by atoms with van der Waals surface area (Å²) in [6.07, 6.45) is 0.685. The quantitative estimate of drug-likeness (QED) is 0.445. The average Bonchev–Trinajstić information content (AvgIpc) is 3.32. The second-order valence-electron chi connectivity index (χ2n) is 7.06. The second kappa shape index (κ2) is 8.10. The fourth-order valence-corrected chi connectivity index (χ4v) is 3.81. The largest absolute Gasteiger partial charge is 0.507 e. The van der Waals surface area contributed by atoms with Crippen molar-refractivity contribution in [2.24, 2.45) is 0 Å². The molecule has 0 radical (unpaired) electrons. The molecule has 0 spiro atoms. The molecule has 156 valence electrons.